The van der Waals surface area contributed by atoms with Gasteiger partial charge in [0.2, 0.25) is 0 Å². The zero-order valence-corrected chi connectivity index (χ0v) is 24.9. The summed E-state index contributed by atoms with van der Waals surface area (Å²) in [5.74, 6) is 2.00. The number of rotatable bonds is 9. The van der Waals surface area contributed by atoms with E-state index in [1.54, 1.807) is 31.0 Å². The quantitative estimate of drug-likeness (QED) is 0.221. The second-order valence-corrected chi connectivity index (χ2v) is 12.7. The number of amides is 1. The Morgan fingerprint density at radius 3 is 2.46 bits per heavy atom. The average molecular weight is 576 g/mol. The summed E-state index contributed by atoms with van der Waals surface area (Å²) in [6, 6.07) is 6.37. The van der Waals surface area contributed by atoms with Crippen LogP contribution in [-0.2, 0) is 17.6 Å². The zero-order valence-electron chi connectivity index (χ0n) is 24.1. The molecule has 0 unspecified atom stereocenters. The molecule has 0 atom stereocenters. The summed E-state index contributed by atoms with van der Waals surface area (Å²) in [5, 5.41) is 5.58. The normalized spacial score (nSPS) is 18.4. The van der Waals surface area contributed by atoms with Crippen LogP contribution in [0.1, 0.15) is 93.1 Å². The summed E-state index contributed by atoms with van der Waals surface area (Å²) < 4.78 is 11.7. The maximum Gasteiger partial charge on any atom is 0.261 e. The number of fused-ring (bicyclic) bond motifs is 3. The first-order valence-corrected chi connectivity index (χ1v) is 16.2. The fourth-order valence-corrected chi connectivity index (χ4v) is 8.09. The highest BCUT2D eigenvalue weighted by Gasteiger charge is 2.32. The molecular weight excluding hydrogens is 534 g/mol. The van der Waals surface area contributed by atoms with Gasteiger partial charge in [-0.05, 0) is 80.7 Å². The highest BCUT2D eigenvalue weighted by Crippen LogP contribution is 2.38. The smallest absolute Gasteiger partial charge is 0.261 e. The van der Waals surface area contributed by atoms with Crippen LogP contribution < -0.4 is 14.9 Å². The molecule has 8 nitrogen and oxygen atoms in total. The standard InChI is InChI=1S/C32H41N5O3S/c1-39-27-18-22(19-35-36-31-30-25-14-8-9-15-28(25)41-32(30)34-21-33-31)16-17-26(27)40-20-29(38)37(23-10-4-2-5-11-23)24-12-6-3-7-13-24/h16-19,21,23-24H,2-15,20H2,1H3,(H,33,34,36). The van der Waals surface area contributed by atoms with Crippen molar-refractivity contribution in [2.24, 2.45) is 5.10 Å². The molecule has 3 aliphatic carbocycles. The summed E-state index contributed by atoms with van der Waals surface area (Å²) in [7, 11) is 1.62. The molecule has 218 valence electrons. The molecule has 3 aromatic rings. The maximum atomic E-state index is 13.5. The topological polar surface area (TPSA) is 88.9 Å². The van der Waals surface area contributed by atoms with Crippen molar-refractivity contribution in [1.82, 2.24) is 14.9 Å². The molecule has 1 aromatic carbocycles. The Morgan fingerprint density at radius 2 is 1.73 bits per heavy atom. The van der Waals surface area contributed by atoms with Gasteiger partial charge in [0.05, 0.1) is 18.7 Å². The number of thiophene rings is 1. The minimum absolute atomic E-state index is 0.0347. The molecule has 9 heteroatoms. The molecule has 1 N–H and O–H groups in total. The van der Waals surface area contributed by atoms with Crippen LogP contribution in [0, 0.1) is 0 Å². The number of carbonyl (C=O) groups excluding carboxylic acids is 1. The molecule has 1 amide bonds. The van der Waals surface area contributed by atoms with Crippen LogP contribution in [0.5, 0.6) is 11.5 Å². The molecule has 2 heterocycles. The highest BCUT2D eigenvalue weighted by atomic mass is 32.1. The van der Waals surface area contributed by atoms with Gasteiger partial charge in [-0.15, -0.1) is 11.3 Å². The molecule has 2 aromatic heterocycles. The van der Waals surface area contributed by atoms with Gasteiger partial charge >= 0.3 is 0 Å². The van der Waals surface area contributed by atoms with Crippen molar-refractivity contribution in [2.45, 2.75) is 102 Å². The molecule has 0 spiro atoms. The van der Waals surface area contributed by atoms with Crippen LogP contribution in [0.25, 0.3) is 10.2 Å². The first-order chi connectivity index (χ1) is 20.2. The number of nitrogens with one attached hydrogen (secondary N) is 1. The van der Waals surface area contributed by atoms with Gasteiger partial charge in [-0.25, -0.2) is 9.97 Å². The van der Waals surface area contributed by atoms with Gasteiger partial charge in [0, 0.05) is 17.0 Å². The SMILES string of the molecule is COc1cc(C=NNc2ncnc3sc4c(c23)CCCC4)ccc1OCC(=O)N(C1CCCCC1)C1CCCCC1. The predicted molar refractivity (Wildman–Crippen MR) is 164 cm³/mol. The number of aromatic nitrogens is 2. The maximum absolute atomic E-state index is 13.5. The summed E-state index contributed by atoms with van der Waals surface area (Å²) >= 11 is 1.77. The predicted octanol–water partition coefficient (Wildman–Crippen LogP) is 6.90. The Hall–Kier alpha value is -3.20. The van der Waals surface area contributed by atoms with Crippen LogP contribution in [0.4, 0.5) is 5.82 Å². The Morgan fingerprint density at radius 1 is 1.00 bits per heavy atom. The van der Waals surface area contributed by atoms with E-state index >= 15 is 0 Å². The molecule has 0 radical (unpaired) electrons. The van der Waals surface area contributed by atoms with Crippen molar-refractivity contribution in [3.8, 4) is 11.5 Å². The number of hydrogen-bond acceptors (Lipinski definition) is 8. The van der Waals surface area contributed by atoms with Crippen molar-refractivity contribution in [3.63, 3.8) is 0 Å². The lowest BCUT2D eigenvalue weighted by Crippen LogP contribution is -2.50. The summed E-state index contributed by atoms with van der Waals surface area (Å²) in [4.78, 5) is 27.2. The number of hydrogen-bond donors (Lipinski definition) is 1. The van der Waals surface area contributed by atoms with Gasteiger partial charge in [0.15, 0.2) is 23.9 Å². The number of hydrazone groups is 1. The summed E-state index contributed by atoms with van der Waals surface area (Å²) in [5.41, 5.74) is 5.37. The Balaban J connectivity index is 1.12. The second kappa shape index (κ2) is 13.2. The van der Waals surface area contributed by atoms with Gasteiger partial charge in [0.1, 0.15) is 11.2 Å². The summed E-state index contributed by atoms with van der Waals surface area (Å²) in [6.45, 7) is 0.0347. The fourth-order valence-electron chi connectivity index (χ4n) is 6.86. The number of methoxy groups -OCH3 is 1. The lowest BCUT2D eigenvalue weighted by molar-refractivity contribution is -0.140. The van der Waals surface area contributed by atoms with Gasteiger partial charge in [-0.2, -0.15) is 5.10 Å². The van der Waals surface area contributed by atoms with E-state index in [1.165, 1.54) is 61.8 Å². The van der Waals surface area contributed by atoms with E-state index in [0.717, 1.165) is 60.1 Å². The Kier molecular flexibility index (Phi) is 8.99. The molecule has 2 saturated carbocycles. The van der Waals surface area contributed by atoms with E-state index in [0.29, 0.717) is 23.6 Å². The fraction of sp³-hybridized carbons (Fsp3) is 0.562. The van der Waals surface area contributed by atoms with E-state index < -0.39 is 0 Å². The van der Waals surface area contributed by atoms with Crippen LogP contribution in [0.15, 0.2) is 29.6 Å². The van der Waals surface area contributed by atoms with Crippen LogP contribution in [0.3, 0.4) is 0 Å². The summed E-state index contributed by atoms with van der Waals surface area (Å²) in [6.07, 6.45) is 19.9. The third-order valence-corrected chi connectivity index (χ3v) is 10.1. The van der Waals surface area contributed by atoms with E-state index in [2.05, 4.69) is 25.4 Å². The molecule has 2 fully saturated rings. The number of ether oxygens (including phenoxy) is 2. The van der Waals surface area contributed by atoms with Crippen molar-refractivity contribution >= 4 is 39.5 Å². The van der Waals surface area contributed by atoms with Gasteiger partial charge in [0.25, 0.3) is 5.91 Å². The Labute approximate surface area is 246 Å². The van der Waals surface area contributed by atoms with Crippen LogP contribution in [0.2, 0.25) is 0 Å². The first-order valence-electron chi connectivity index (χ1n) is 15.4. The largest absolute Gasteiger partial charge is 0.493 e. The Bertz CT molecular complexity index is 1360. The molecule has 0 aliphatic heterocycles. The third-order valence-electron chi connectivity index (χ3n) is 8.90. The number of anilines is 1. The second-order valence-electron chi connectivity index (χ2n) is 11.6. The molecule has 6 rings (SSSR count). The molecule has 0 bridgehead atoms. The molecule has 41 heavy (non-hydrogen) atoms. The van der Waals surface area contributed by atoms with Crippen molar-refractivity contribution in [2.75, 3.05) is 19.1 Å². The lowest BCUT2D eigenvalue weighted by Gasteiger charge is -2.41. The number of aryl methyl sites for hydroxylation is 2. The van der Waals surface area contributed by atoms with E-state index in [4.69, 9.17) is 9.47 Å². The van der Waals surface area contributed by atoms with Crippen molar-refractivity contribution in [3.05, 3.63) is 40.5 Å². The van der Waals surface area contributed by atoms with Crippen molar-refractivity contribution < 1.29 is 14.3 Å². The number of benzene rings is 1. The van der Waals surface area contributed by atoms with Crippen LogP contribution in [-0.4, -0.2) is 52.8 Å². The third kappa shape index (κ3) is 6.35. The first kappa shape index (κ1) is 27.9. The minimum Gasteiger partial charge on any atom is -0.493 e. The number of carbonyl (C=O) groups is 1. The highest BCUT2D eigenvalue weighted by molar-refractivity contribution is 7.19. The van der Waals surface area contributed by atoms with E-state index in [9.17, 15) is 4.79 Å². The van der Waals surface area contributed by atoms with E-state index in [1.807, 2.05) is 18.2 Å². The molecule has 3 aliphatic rings. The zero-order chi connectivity index (χ0) is 28.0. The molecular formula is C32H41N5O3S. The monoisotopic (exact) mass is 575 g/mol. The average Bonchev–Trinajstić information content (AvgIpc) is 3.41. The van der Waals surface area contributed by atoms with Gasteiger partial charge < -0.3 is 14.4 Å². The van der Waals surface area contributed by atoms with Crippen molar-refractivity contribution in [1.29, 1.82) is 0 Å². The lowest BCUT2D eigenvalue weighted by atomic mass is 9.88. The van der Waals surface area contributed by atoms with Gasteiger partial charge in [-0.3, -0.25) is 10.2 Å². The van der Waals surface area contributed by atoms with E-state index in [-0.39, 0.29) is 12.5 Å². The minimum atomic E-state index is 0.0347. The van der Waals surface area contributed by atoms with Gasteiger partial charge in [-0.1, -0.05) is 38.5 Å². The number of nitrogens with zero attached hydrogens (tertiary/aromatic N) is 4. The van der Waals surface area contributed by atoms with Crippen LogP contribution >= 0.6 is 11.3 Å². The molecule has 0 saturated heterocycles.